The number of carbonyl (C=O) groups is 1. The third-order valence-electron chi connectivity index (χ3n) is 6.51. The van der Waals surface area contributed by atoms with E-state index in [1.165, 1.54) is 4.31 Å². The summed E-state index contributed by atoms with van der Waals surface area (Å²) in [6, 6.07) is 7.51. The van der Waals surface area contributed by atoms with Crippen LogP contribution in [0.5, 0.6) is 0 Å². The summed E-state index contributed by atoms with van der Waals surface area (Å²) in [5.41, 5.74) is 2.56. The van der Waals surface area contributed by atoms with Crippen molar-refractivity contribution in [2.45, 2.75) is 77.2 Å². The Labute approximate surface area is 192 Å². The second-order valence-corrected chi connectivity index (χ2v) is 11.2. The Hall–Kier alpha value is -2.35. The lowest BCUT2D eigenvalue weighted by atomic mass is 9.87. The van der Waals surface area contributed by atoms with Crippen LogP contribution in [0.15, 0.2) is 29.2 Å². The van der Waals surface area contributed by atoms with Crippen LogP contribution in [-0.4, -0.2) is 36.7 Å². The van der Waals surface area contributed by atoms with Gasteiger partial charge in [-0.2, -0.15) is 5.10 Å². The van der Waals surface area contributed by atoms with E-state index in [0.29, 0.717) is 28.9 Å². The molecule has 7 nitrogen and oxygen atoms in total. The normalized spacial score (nSPS) is 19.2. The minimum absolute atomic E-state index is 0.105. The molecule has 1 N–H and O–H groups in total. The number of hydrogen-bond acceptors (Lipinski definition) is 4. The summed E-state index contributed by atoms with van der Waals surface area (Å²) in [6.07, 6.45) is 4.03. The van der Waals surface area contributed by atoms with Crippen molar-refractivity contribution < 1.29 is 13.2 Å². The number of nitrogens with zero attached hydrogens (tertiary/aromatic N) is 3. The molecule has 3 rings (SSSR count). The number of aryl methyl sites for hydroxylation is 2. The lowest BCUT2D eigenvalue weighted by molar-refractivity contribution is -0.120. The molecule has 1 aromatic carbocycles. The average molecular weight is 461 g/mol. The summed E-state index contributed by atoms with van der Waals surface area (Å²) in [5.74, 6) is 0.727. The Bertz CT molecular complexity index is 1050. The lowest BCUT2D eigenvalue weighted by Crippen LogP contribution is -2.45. The van der Waals surface area contributed by atoms with Gasteiger partial charge in [0.1, 0.15) is 11.4 Å². The monoisotopic (exact) mass is 460 g/mol. The van der Waals surface area contributed by atoms with Crippen molar-refractivity contribution in [2.24, 2.45) is 13.0 Å². The van der Waals surface area contributed by atoms with Gasteiger partial charge in [0.2, 0.25) is 5.91 Å². The number of benzene rings is 1. The zero-order chi connectivity index (χ0) is 23.6. The van der Waals surface area contributed by atoms with Crippen molar-refractivity contribution in [1.29, 1.82) is 0 Å². The highest BCUT2D eigenvalue weighted by Crippen LogP contribution is 2.29. The SMILES string of the molecule is Cc1nn(C)c(C)c1S(=O)(=O)N(CC(=O)NC1CCC(C)CC1)c1ccc(C(C)C)cc1. The maximum atomic E-state index is 13.8. The zero-order valence-electron chi connectivity index (χ0n) is 20.1. The molecule has 1 saturated carbocycles. The largest absolute Gasteiger partial charge is 0.352 e. The van der Waals surface area contributed by atoms with Gasteiger partial charge in [-0.1, -0.05) is 32.9 Å². The van der Waals surface area contributed by atoms with Crippen LogP contribution < -0.4 is 9.62 Å². The number of rotatable bonds is 7. The number of nitrogens with one attached hydrogen (secondary N) is 1. The molecule has 0 aliphatic heterocycles. The highest BCUT2D eigenvalue weighted by molar-refractivity contribution is 7.93. The molecule has 0 atom stereocenters. The van der Waals surface area contributed by atoms with Gasteiger partial charge in [0.15, 0.2) is 0 Å². The standard InChI is InChI=1S/C24H36N4O3S/c1-16(2)20-9-13-22(14-10-20)28(15-23(29)25-21-11-7-17(3)8-12-21)32(30,31)24-18(4)26-27(6)19(24)5/h9-10,13-14,16-17,21H,7-8,11-12,15H2,1-6H3,(H,25,29). The third-order valence-corrected chi connectivity index (χ3v) is 8.53. The second-order valence-electron chi connectivity index (χ2n) is 9.41. The molecular formula is C24H36N4O3S. The molecule has 0 bridgehead atoms. The summed E-state index contributed by atoms with van der Waals surface area (Å²) in [4.78, 5) is 13.1. The Kier molecular flexibility index (Phi) is 7.32. The first-order chi connectivity index (χ1) is 15.0. The Morgan fingerprint density at radius 3 is 2.25 bits per heavy atom. The van der Waals surface area contributed by atoms with E-state index in [1.807, 2.05) is 12.1 Å². The van der Waals surface area contributed by atoms with Crippen molar-refractivity contribution in [1.82, 2.24) is 15.1 Å². The predicted octanol–water partition coefficient (Wildman–Crippen LogP) is 4.05. The van der Waals surface area contributed by atoms with E-state index in [-0.39, 0.29) is 23.4 Å². The van der Waals surface area contributed by atoms with Crippen molar-refractivity contribution in [3.05, 3.63) is 41.2 Å². The molecule has 0 radical (unpaired) electrons. The lowest BCUT2D eigenvalue weighted by Gasteiger charge is -2.29. The van der Waals surface area contributed by atoms with Crippen LogP contribution >= 0.6 is 0 Å². The number of carbonyl (C=O) groups excluding carboxylic acids is 1. The number of sulfonamides is 1. The molecule has 1 aliphatic carbocycles. The maximum Gasteiger partial charge on any atom is 0.268 e. The summed E-state index contributed by atoms with van der Waals surface area (Å²) >= 11 is 0. The van der Waals surface area contributed by atoms with Crippen LogP contribution in [0.1, 0.15) is 69.3 Å². The van der Waals surface area contributed by atoms with Crippen molar-refractivity contribution in [3.63, 3.8) is 0 Å². The first-order valence-corrected chi connectivity index (χ1v) is 12.9. The summed E-state index contributed by atoms with van der Waals surface area (Å²) < 4.78 is 30.3. The fourth-order valence-corrected chi connectivity index (χ4v) is 6.21. The van der Waals surface area contributed by atoms with Crippen molar-refractivity contribution in [3.8, 4) is 0 Å². The number of aromatic nitrogens is 2. The maximum absolute atomic E-state index is 13.8. The number of amides is 1. The van der Waals surface area contributed by atoms with Crippen LogP contribution in [0.2, 0.25) is 0 Å². The Balaban J connectivity index is 1.93. The van der Waals surface area contributed by atoms with Gasteiger partial charge in [-0.05, 0) is 69.1 Å². The van der Waals surface area contributed by atoms with Crippen molar-refractivity contribution >= 4 is 21.6 Å². The van der Waals surface area contributed by atoms with Gasteiger partial charge in [0.05, 0.1) is 17.1 Å². The number of hydrogen-bond donors (Lipinski definition) is 1. The molecule has 32 heavy (non-hydrogen) atoms. The quantitative estimate of drug-likeness (QED) is 0.676. The van der Waals surface area contributed by atoms with E-state index in [9.17, 15) is 13.2 Å². The van der Waals surface area contributed by atoms with Crippen molar-refractivity contribution in [2.75, 3.05) is 10.8 Å². The first kappa shape index (κ1) is 24.3. The van der Waals surface area contributed by atoms with E-state index in [0.717, 1.165) is 31.2 Å². The smallest absolute Gasteiger partial charge is 0.268 e. The van der Waals surface area contributed by atoms with E-state index in [2.05, 4.69) is 31.2 Å². The summed E-state index contributed by atoms with van der Waals surface area (Å²) in [6.45, 7) is 9.56. The molecule has 1 heterocycles. The third kappa shape index (κ3) is 5.17. The van der Waals surface area contributed by atoms with Gasteiger partial charge in [0.25, 0.3) is 10.0 Å². The Morgan fingerprint density at radius 2 is 1.75 bits per heavy atom. The molecule has 176 valence electrons. The minimum Gasteiger partial charge on any atom is -0.352 e. The van der Waals surface area contributed by atoms with Crippen LogP contribution in [0.3, 0.4) is 0 Å². The fraction of sp³-hybridized carbons (Fsp3) is 0.583. The molecular weight excluding hydrogens is 424 g/mol. The summed E-state index contributed by atoms with van der Waals surface area (Å²) in [5, 5.41) is 7.34. The highest BCUT2D eigenvalue weighted by atomic mass is 32.2. The molecule has 1 amide bonds. The van der Waals surface area contributed by atoms with Gasteiger partial charge in [-0.25, -0.2) is 8.42 Å². The van der Waals surface area contributed by atoms with E-state index >= 15 is 0 Å². The molecule has 1 fully saturated rings. The van der Waals surface area contributed by atoms with Gasteiger partial charge in [0, 0.05) is 13.1 Å². The van der Waals surface area contributed by atoms with Gasteiger partial charge >= 0.3 is 0 Å². The zero-order valence-corrected chi connectivity index (χ0v) is 20.9. The summed E-state index contributed by atoms with van der Waals surface area (Å²) in [7, 11) is -2.26. The Morgan fingerprint density at radius 1 is 1.16 bits per heavy atom. The topological polar surface area (TPSA) is 84.3 Å². The molecule has 1 aliphatic rings. The average Bonchev–Trinajstić information content (AvgIpc) is 3.00. The van der Waals surface area contributed by atoms with Crippen LogP contribution in [-0.2, 0) is 21.9 Å². The van der Waals surface area contributed by atoms with Gasteiger partial charge < -0.3 is 5.32 Å². The number of anilines is 1. The van der Waals surface area contributed by atoms with Gasteiger partial charge in [-0.3, -0.25) is 13.8 Å². The minimum atomic E-state index is -3.98. The molecule has 8 heteroatoms. The molecule has 2 aromatic rings. The first-order valence-electron chi connectivity index (χ1n) is 11.4. The van der Waals surface area contributed by atoms with Crippen LogP contribution in [0, 0.1) is 19.8 Å². The predicted molar refractivity (Wildman–Crippen MR) is 127 cm³/mol. The van der Waals surface area contributed by atoms with Crippen LogP contribution in [0.25, 0.3) is 0 Å². The van der Waals surface area contributed by atoms with E-state index in [1.54, 1.807) is 37.7 Å². The molecule has 0 saturated heterocycles. The van der Waals surface area contributed by atoms with E-state index in [4.69, 9.17) is 0 Å². The molecule has 0 spiro atoms. The highest BCUT2D eigenvalue weighted by Gasteiger charge is 2.33. The van der Waals surface area contributed by atoms with Crippen LogP contribution in [0.4, 0.5) is 5.69 Å². The molecule has 0 unspecified atom stereocenters. The van der Waals surface area contributed by atoms with Gasteiger partial charge in [-0.15, -0.1) is 0 Å². The fourth-order valence-electron chi connectivity index (χ4n) is 4.39. The second kappa shape index (κ2) is 9.65. The molecule has 1 aromatic heterocycles. The van der Waals surface area contributed by atoms with E-state index < -0.39 is 10.0 Å².